The summed E-state index contributed by atoms with van der Waals surface area (Å²) in [6.07, 6.45) is 0.722. The molecule has 0 aromatic carbocycles. The molecule has 6 heavy (non-hydrogen) atoms. The molecule has 0 bridgehead atoms. The van der Waals surface area contributed by atoms with E-state index in [0.717, 1.165) is 6.29 Å². The molecule has 0 aromatic heterocycles. The number of carbonyl (C=O) groups excluding carboxylic acids is 1. The standard InChI is InChI=1S/C4H6O.Sn/c1-4(2)3-5;/h3H,1H2,2H3;. The summed E-state index contributed by atoms with van der Waals surface area (Å²) in [4.78, 5) is 9.41. The molecular weight excluding hydrogens is 183 g/mol. The predicted octanol–water partition coefficient (Wildman–Crippen LogP) is 0.381. The quantitative estimate of drug-likeness (QED) is 0.331. The van der Waals surface area contributed by atoms with Gasteiger partial charge in [-0.25, -0.2) is 0 Å². The van der Waals surface area contributed by atoms with Gasteiger partial charge in [0.2, 0.25) is 0 Å². The molecule has 32 valence electrons. The van der Waals surface area contributed by atoms with Crippen LogP contribution in [-0.4, -0.2) is 30.2 Å². The maximum absolute atomic E-state index is 9.41. The first-order chi connectivity index (χ1) is 2.27. The molecule has 0 aliphatic rings. The second-order valence-electron chi connectivity index (χ2n) is 0.964. The second-order valence-corrected chi connectivity index (χ2v) is 0.964. The van der Waals surface area contributed by atoms with Crippen molar-refractivity contribution in [3.05, 3.63) is 12.2 Å². The Hall–Kier alpha value is 0.209. The molecule has 0 N–H and O–H groups in total. The van der Waals surface area contributed by atoms with E-state index in [2.05, 4.69) is 6.58 Å². The molecule has 0 fully saturated rings. The zero-order chi connectivity index (χ0) is 4.28. The summed E-state index contributed by atoms with van der Waals surface area (Å²) in [6.45, 7) is 4.97. The largest absolute Gasteiger partial charge is 0.298 e. The summed E-state index contributed by atoms with van der Waals surface area (Å²) in [6, 6.07) is 0. The van der Waals surface area contributed by atoms with E-state index in [0.29, 0.717) is 5.57 Å². The van der Waals surface area contributed by atoms with Gasteiger partial charge in [-0.2, -0.15) is 0 Å². The fourth-order valence-corrected chi connectivity index (χ4v) is 0. The van der Waals surface area contributed by atoms with Gasteiger partial charge in [-0.1, -0.05) is 6.58 Å². The molecule has 4 radical (unpaired) electrons. The molecule has 0 aliphatic carbocycles. The fourth-order valence-electron chi connectivity index (χ4n) is 0. The van der Waals surface area contributed by atoms with E-state index in [1.54, 1.807) is 6.92 Å². The van der Waals surface area contributed by atoms with Crippen molar-refractivity contribution in [1.82, 2.24) is 0 Å². The van der Waals surface area contributed by atoms with E-state index in [9.17, 15) is 4.79 Å². The van der Waals surface area contributed by atoms with Gasteiger partial charge in [0.15, 0.2) is 0 Å². The van der Waals surface area contributed by atoms with Gasteiger partial charge >= 0.3 is 0 Å². The Kier molecular flexibility index (Phi) is 8.26. The Bertz CT molecular complexity index is 58.6. The molecule has 0 rings (SSSR count). The normalized spacial score (nSPS) is 5.50. The van der Waals surface area contributed by atoms with Crippen molar-refractivity contribution in [2.24, 2.45) is 0 Å². The molecule has 0 saturated heterocycles. The second kappa shape index (κ2) is 5.21. The average molecular weight is 189 g/mol. The summed E-state index contributed by atoms with van der Waals surface area (Å²) in [5.74, 6) is 0. The predicted molar refractivity (Wildman–Crippen MR) is 26.6 cm³/mol. The number of aldehydes is 1. The van der Waals surface area contributed by atoms with Crippen LogP contribution in [0.3, 0.4) is 0 Å². The fraction of sp³-hybridized carbons (Fsp3) is 0.250. The third-order valence-electron chi connectivity index (χ3n) is 0.201. The van der Waals surface area contributed by atoms with Crippen LogP contribution in [0.2, 0.25) is 0 Å². The third kappa shape index (κ3) is 8.88. The van der Waals surface area contributed by atoms with Crippen LogP contribution in [0.1, 0.15) is 6.92 Å². The summed E-state index contributed by atoms with van der Waals surface area (Å²) < 4.78 is 0. The Morgan fingerprint density at radius 1 is 1.83 bits per heavy atom. The van der Waals surface area contributed by atoms with Crippen LogP contribution in [0.5, 0.6) is 0 Å². The van der Waals surface area contributed by atoms with Gasteiger partial charge in [-0.15, -0.1) is 0 Å². The van der Waals surface area contributed by atoms with Crippen LogP contribution in [0.25, 0.3) is 0 Å². The minimum atomic E-state index is 0. The number of hydrogen-bond donors (Lipinski definition) is 0. The average Bonchev–Trinajstić information content (AvgIpc) is 1.38. The van der Waals surface area contributed by atoms with Gasteiger partial charge in [-0.05, 0) is 12.5 Å². The SMILES string of the molecule is C=C(C)C=O.[Sn]. The zero-order valence-corrected chi connectivity index (χ0v) is 6.55. The molecule has 0 aromatic rings. The van der Waals surface area contributed by atoms with E-state index in [1.165, 1.54) is 0 Å². The van der Waals surface area contributed by atoms with Gasteiger partial charge in [-0.3, -0.25) is 4.79 Å². The summed E-state index contributed by atoms with van der Waals surface area (Å²) in [5, 5.41) is 0. The molecule has 0 amide bonds. The molecule has 2 heteroatoms. The number of allylic oxidation sites excluding steroid dienone is 1. The number of carbonyl (C=O) groups is 1. The van der Waals surface area contributed by atoms with Crippen LogP contribution in [-0.2, 0) is 4.79 Å². The van der Waals surface area contributed by atoms with E-state index in [4.69, 9.17) is 0 Å². The topological polar surface area (TPSA) is 17.1 Å². The Morgan fingerprint density at radius 2 is 2.00 bits per heavy atom. The first-order valence-corrected chi connectivity index (χ1v) is 1.38. The third-order valence-corrected chi connectivity index (χ3v) is 0.201. The van der Waals surface area contributed by atoms with E-state index in [1.807, 2.05) is 0 Å². The van der Waals surface area contributed by atoms with Crippen LogP contribution < -0.4 is 0 Å². The van der Waals surface area contributed by atoms with E-state index in [-0.39, 0.29) is 23.9 Å². The molecule has 0 heterocycles. The summed E-state index contributed by atoms with van der Waals surface area (Å²) in [5.41, 5.74) is 0.574. The molecule has 0 saturated carbocycles. The first-order valence-electron chi connectivity index (χ1n) is 1.38. The van der Waals surface area contributed by atoms with Crippen LogP contribution in [0.15, 0.2) is 12.2 Å². The Labute approximate surface area is 54.4 Å². The summed E-state index contributed by atoms with van der Waals surface area (Å²) in [7, 11) is 0. The van der Waals surface area contributed by atoms with Crippen molar-refractivity contribution < 1.29 is 4.79 Å². The molecule has 0 aliphatic heterocycles. The molecule has 0 unspecified atom stereocenters. The van der Waals surface area contributed by atoms with Crippen molar-refractivity contribution in [2.45, 2.75) is 6.92 Å². The van der Waals surface area contributed by atoms with Crippen molar-refractivity contribution in [2.75, 3.05) is 0 Å². The first kappa shape index (κ1) is 9.51. The van der Waals surface area contributed by atoms with Crippen molar-refractivity contribution in [1.29, 1.82) is 0 Å². The van der Waals surface area contributed by atoms with E-state index >= 15 is 0 Å². The van der Waals surface area contributed by atoms with Gasteiger partial charge in [0.1, 0.15) is 6.29 Å². The van der Waals surface area contributed by atoms with Gasteiger partial charge in [0.25, 0.3) is 0 Å². The van der Waals surface area contributed by atoms with E-state index < -0.39 is 0 Å². The van der Waals surface area contributed by atoms with Crippen molar-refractivity contribution in [3.63, 3.8) is 0 Å². The van der Waals surface area contributed by atoms with Gasteiger partial charge < -0.3 is 0 Å². The minimum absolute atomic E-state index is 0. The van der Waals surface area contributed by atoms with Crippen LogP contribution in [0.4, 0.5) is 0 Å². The van der Waals surface area contributed by atoms with Crippen LogP contribution >= 0.6 is 0 Å². The smallest absolute Gasteiger partial charge is 0.145 e. The molecule has 0 spiro atoms. The maximum atomic E-state index is 9.41. The van der Waals surface area contributed by atoms with Gasteiger partial charge in [0, 0.05) is 23.9 Å². The molecule has 0 atom stereocenters. The maximum Gasteiger partial charge on any atom is 0.145 e. The molecule has 1 nitrogen and oxygen atoms in total. The van der Waals surface area contributed by atoms with Crippen LogP contribution in [0, 0.1) is 0 Å². The Morgan fingerprint density at radius 3 is 2.00 bits per heavy atom. The van der Waals surface area contributed by atoms with Gasteiger partial charge in [0.05, 0.1) is 0 Å². The Balaban J connectivity index is 0. The van der Waals surface area contributed by atoms with Crippen molar-refractivity contribution >= 4 is 30.2 Å². The molecular formula is C4H6OSn. The summed E-state index contributed by atoms with van der Waals surface area (Å²) >= 11 is 0. The van der Waals surface area contributed by atoms with Crippen molar-refractivity contribution in [3.8, 4) is 0 Å². The number of hydrogen-bond acceptors (Lipinski definition) is 1. The zero-order valence-electron chi connectivity index (χ0n) is 3.69. The minimum Gasteiger partial charge on any atom is -0.298 e. The number of rotatable bonds is 1. The monoisotopic (exact) mass is 190 g/mol.